The smallest absolute Gasteiger partial charge is 0.267 e. The molecule has 0 fully saturated rings. The van der Waals surface area contributed by atoms with Gasteiger partial charge in [0.15, 0.2) is 0 Å². The van der Waals surface area contributed by atoms with Crippen LogP contribution in [-0.2, 0) is 0 Å². The fourth-order valence-electron chi connectivity index (χ4n) is 0.890. The molecular weight excluding hydrogens is 150 g/mol. The lowest BCUT2D eigenvalue weighted by Gasteiger charge is -2.03. The van der Waals surface area contributed by atoms with Gasteiger partial charge in [0.2, 0.25) is 0 Å². The van der Waals surface area contributed by atoms with Crippen molar-refractivity contribution in [2.75, 3.05) is 0 Å². The molecule has 0 aromatic heterocycles. The molecule has 0 bridgehead atoms. The van der Waals surface area contributed by atoms with Gasteiger partial charge >= 0.3 is 0 Å². The van der Waals surface area contributed by atoms with Gasteiger partial charge in [0.1, 0.15) is 0 Å². The minimum Gasteiger partial charge on any atom is -0.267 e. The van der Waals surface area contributed by atoms with Crippen molar-refractivity contribution in [3.63, 3.8) is 0 Å². The second-order valence-electron chi connectivity index (χ2n) is 2.89. The van der Waals surface area contributed by atoms with Crippen molar-refractivity contribution >= 4 is 5.91 Å². The number of hydrogen-bond acceptors (Lipinski definition) is 1. The van der Waals surface area contributed by atoms with Crippen molar-refractivity contribution in [3.05, 3.63) is 35.9 Å². The van der Waals surface area contributed by atoms with Crippen molar-refractivity contribution in [2.24, 2.45) is 0 Å². The molecule has 0 N–H and O–H groups in total. The van der Waals surface area contributed by atoms with Crippen LogP contribution in [0.1, 0.15) is 24.2 Å². The summed E-state index contributed by atoms with van der Waals surface area (Å²) in [6.07, 6.45) is 0. The molecule has 1 aromatic rings. The third-order valence-corrected chi connectivity index (χ3v) is 1.40. The van der Waals surface area contributed by atoms with E-state index < -0.39 is 0 Å². The zero-order valence-corrected chi connectivity index (χ0v) is 7.32. The molecule has 0 unspecified atom stereocenters. The van der Waals surface area contributed by atoms with E-state index >= 15 is 0 Å². The molecule has 0 spiro atoms. The third-order valence-electron chi connectivity index (χ3n) is 1.40. The van der Waals surface area contributed by atoms with E-state index in [1.165, 1.54) is 0 Å². The number of carbonyl (C=O) groups is 1. The molecule has 63 valence electrons. The third kappa shape index (κ3) is 2.38. The van der Waals surface area contributed by atoms with Crippen LogP contribution in [0.5, 0.6) is 0 Å². The van der Waals surface area contributed by atoms with E-state index in [-0.39, 0.29) is 11.9 Å². The molecule has 0 heterocycles. The number of rotatable bonds is 2. The van der Waals surface area contributed by atoms with Crippen LogP contribution in [0.2, 0.25) is 0 Å². The molecule has 2 heteroatoms. The van der Waals surface area contributed by atoms with E-state index in [4.69, 9.17) is 0 Å². The standard InChI is InChI=1S/C10H12NO/c1-8(2)11-10(12)9-6-4-3-5-7-9/h3-8H,1-2H3. The molecule has 0 saturated heterocycles. The molecule has 0 aliphatic rings. The van der Waals surface area contributed by atoms with E-state index in [9.17, 15) is 4.79 Å². The molecular formula is C10H12NO. The number of benzene rings is 1. The van der Waals surface area contributed by atoms with Crippen LogP contribution in [-0.4, -0.2) is 11.9 Å². The summed E-state index contributed by atoms with van der Waals surface area (Å²) in [5.74, 6) is -0.134. The Bertz CT molecular complexity index is 254. The van der Waals surface area contributed by atoms with Crippen molar-refractivity contribution in [2.45, 2.75) is 19.9 Å². The lowest BCUT2D eigenvalue weighted by Crippen LogP contribution is -2.22. The molecule has 2 nitrogen and oxygen atoms in total. The lowest BCUT2D eigenvalue weighted by molar-refractivity contribution is 0.0938. The molecule has 0 atom stereocenters. The average molecular weight is 162 g/mol. The molecule has 1 aromatic carbocycles. The molecule has 12 heavy (non-hydrogen) atoms. The first-order chi connectivity index (χ1) is 5.70. The SMILES string of the molecule is CC(C)[N]C(=O)c1ccccc1. The summed E-state index contributed by atoms with van der Waals surface area (Å²) in [6, 6.07) is 9.17. The van der Waals surface area contributed by atoms with Gasteiger partial charge in [-0.25, -0.2) is 5.32 Å². The highest BCUT2D eigenvalue weighted by Gasteiger charge is 2.06. The molecule has 1 rings (SSSR count). The Kier molecular flexibility index (Phi) is 2.86. The van der Waals surface area contributed by atoms with Gasteiger partial charge in [0, 0.05) is 11.6 Å². The maximum absolute atomic E-state index is 11.3. The Balaban J connectivity index is 2.66. The van der Waals surface area contributed by atoms with Crippen LogP contribution >= 0.6 is 0 Å². The highest BCUT2D eigenvalue weighted by atomic mass is 16.1. The predicted molar refractivity (Wildman–Crippen MR) is 48.0 cm³/mol. The Labute approximate surface area is 72.6 Å². The van der Waals surface area contributed by atoms with Gasteiger partial charge in [-0.1, -0.05) is 18.2 Å². The Morgan fingerprint density at radius 3 is 2.33 bits per heavy atom. The molecule has 0 saturated carbocycles. The first-order valence-electron chi connectivity index (χ1n) is 4.00. The van der Waals surface area contributed by atoms with E-state index in [0.29, 0.717) is 5.56 Å². The summed E-state index contributed by atoms with van der Waals surface area (Å²) < 4.78 is 0. The van der Waals surface area contributed by atoms with E-state index in [1.807, 2.05) is 32.0 Å². The maximum atomic E-state index is 11.3. The quantitative estimate of drug-likeness (QED) is 0.652. The Hall–Kier alpha value is -1.31. The van der Waals surface area contributed by atoms with Gasteiger partial charge in [-0.05, 0) is 26.0 Å². The van der Waals surface area contributed by atoms with Gasteiger partial charge in [-0.15, -0.1) is 0 Å². The Morgan fingerprint density at radius 1 is 1.25 bits per heavy atom. The van der Waals surface area contributed by atoms with Crippen molar-refractivity contribution < 1.29 is 4.79 Å². The minimum atomic E-state index is -0.134. The summed E-state index contributed by atoms with van der Waals surface area (Å²) in [7, 11) is 0. The fraction of sp³-hybridized carbons (Fsp3) is 0.300. The monoisotopic (exact) mass is 162 g/mol. The predicted octanol–water partition coefficient (Wildman–Crippen LogP) is 1.84. The van der Waals surface area contributed by atoms with Crippen LogP contribution in [0, 0.1) is 0 Å². The first-order valence-corrected chi connectivity index (χ1v) is 4.00. The van der Waals surface area contributed by atoms with Gasteiger partial charge < -0.3 is 0 Å². The first kappa shape index (κ1) is 8.78. The molecule has 0 aliphatic heterocycles. The highest BCUT2D eigenvalue weighted by molar-refractivity contribution is 5.93. The largest absolute Gasteiger partial charge is 0.272 e. The topological polar surface area (TPSA) is 31.2 Å². The normalized spacial score (nSPS) is 9.92. The molecule has 1 radical (unpaired) electrons. The zero-order chi connectivity index (χ0) is 8.97. The van der Waals surface area contributed by atoms with Gasteiger partial charge in [0.25, 0.3) is 5.91 Å². The van der Waals surface area contributed by atoms with Crippen molar-refractivity contribution in [1.82, 2.24) is 5.32 Å². The van der Waals surface area contributed by atoms with Gasteiger partial charge in [-0.3, -0.25) is 4.79 Å². The minimum absolute atomic E-state index is 0.0673. The molecule has 1 amide bonds. The second-order valence-corrected chi connectivity index (χ2v) is 2.89. The fourth-order valence-corrected chi connectivity index (χ4v) is 0.890. The van der Waals surface area contributed by atoms with Crippen LogP contribution < -0.4 is 5.32 Å². The van der Waals surface area contributed by atoms with E-state index in [1.54, 1.807) is 12.1 Å². The highest BCUT2D eigenvalue weighted by Crippen LogP contribution is 1.99. The van der Waals surface area contributed by atoms with E-state index in [0.717, 1.165) is 0 Å². The second kappa shape index (κ2) is 3.90. The van der Waals surface area contributed by atoms with Crippen molar-refractivity contribution in [1.29, 1.82) is 0 Å². The number of carbonyl (C=O) groups excluding carboxylic acids is 1. The van der Waals surface area contributed by atoms with Crippen LogP contribution in [0.25, 0.3) is 0 Å². The number of nitrogens with zero attached hydrogens (tertiary/aromatic N) is 1. The number of hydrogen-bond donors (Lipinski definition) is 0. The summed E-state index contributed by atoms with van der Waals surface area (Å²) in [5.41, 5.74) is 0.659. The molecule has 0 aliphatic carbocycles. The summed E-state index contributed by atoms with van der Waals surface area (Å²) in [5, 5.41) is 3.91. The number of amides is 1. The van der Waals surface area contributed by atoms with E-state index in [2.05, 4.69) is 5.32 Å². The summed E-state index contributed by atoms with van der Waals surface area (Å²) >= 11 is 0. The van der Waals surface area contributed by atoms with Gasteiger partial charge in [0.05, 0.1) is 0 Å². The maximum Gasteiger partial charge on any atom is 0.272 e. The van der Waals surface area contributed by atoms with Crippen LogP contribution in [0.3, 0.4) is 0 Å². The van der Waals surface area contributed by atoms with Crippen molar-refractivity contribution in [3.8, 4) is 0 Å². The van der Waals surface area contributed by atoms with Crippen LogP contribution in [0.15, 0.2) is 30.3 Å². The lowest BCUT2D eigenvalue weighted by atomic mass is 10.2. The average Bonchev–Trinajstić information content (AvgIpc) is 2.05. The van der Waals surface area contributed by atoms with Gasteiger partial charge in [-0.2, -0.15) is 0 Å². The summed E-state index contributed by atoms with van der Waals surface area (Å²) in [4.78, 5) is 11.3. The van der Waals surface area contributed by atoms with Crippen LogP contribution in [0.4, 0.5) is 0 Å². The Morgan fingerprint density at radius 2 is 1.83 bits per heavy atom. The zero-order valence-electron chi connectivity index (χ0n) is 7.32. The summed E-state index contributed by atoms with van der Waals surface area (Å²) in [6.45, 7) is 3.78.